The van der Waals surface area contributed by atoms with E-state index in [4.69, 9.17) is 5.73 Å². The molecule has 3 nitrogen and oxygen atoms in total. The lowest BCUT2D eigenvalue weighted by molar-refractivity contribution is 0.609. The van der Waals surface area contributed by atoms with E-state index in [0.29, 0.717) is 5.96 Å². The topological polar surface area (TPSA) is 41.6 Å². The van der Waals surface area contributed by atoms with Gasteiger partial charge >= 0.3 is 0 Å². The smallest absolute Gasteiger partial charge is 0.190 e. The molecule has 0 atom stereocenters. The first kappa shape index (κ1) is 10.0. The minimum absolute atomic E-state index is 0.592. The molecule has 0 aliphatic carbocycles. The summed E-state index contributed by atoms with van der Waals surface area (Å²) in [7, 11) is 3.77. The first-order chi connectivity index (χ1) is 5.18. The van der Waals surface area contributed by atoms with Crippen LogP contribution in [0.1, 0.15) is 13.3 Å². The molecule has 0 aromatic carbocycles. The van der Waals surface area contributed by atoms with E-state index in [1.54, 1.807) is 4.90 Å². The Labute approximate surface area is 68.6 Å². The molecule has 2 N–H and O–H groups in total. The first-order valence-electron chi connectivity index (χ1n) is 3.77. The van der Waals surface area contributed by atoms with Crippen molar-refractivity contribution in [1.82, 2.24) is 4.90 Å². The fourth-order valence-corrected chi connectivity index (χ4v) is 0.562. The van der Waals surface area contributed by atoms with Gasteiger partial charge in [0.1, 0.15) is 0 Å². The summed E-state index contributed by atoms with van der Waals surface area (Å²) in [5.74, 6) is 0.592. The lowest BCUT2D eigenvalue weighted by Gasteiger charge is -2.09. The zero-order valence-corrected chi connectivity index (χ0v) is 7.54. The lowest BCUT2D eigenvalue weighted by atomic mass is 10.4. The van der Waals surface area contributed by atoms with Crippen LogP contribution in [-0.2, 0) is 0 Å². The summed E-state index contributed by atoms with van der Waals surface area (Å²) in [6.07, 6.45) is 5.05. The van der Waals surface area contributed by atoms with Crippen molar-refractivity contribution in [1.29, 1.82) is 0 Å². The number of allylic oxidation sites excluding steroid dienone is 1. The van der Waals surface area contributed by atoms with Crippen LogP contribution in [0.15, 0.2) is 17.1 Å². The van der Waals surface area contributed by atoms with Gasteiger partial charge in [0, 0.05) is 20.6 Å². The standard InChI is InChI=1S/C8H17N3/c1-4-5-6-7-10-8(9)11(2)3/h4-5H,6-7H2,1-3H3,(H2,9,10)/b5-4+. The third-order valence-electron chi connectivity index (χ3n) is 1.26. The molecule has 64 valence electrons. The van der Waals surface area contributed by atoms with E-state index in [-0.39, 0.29) is 0 Å². The third kappa shape index (κ3) is 5.45. The number of guanidine groups is 1. The Morgan fingerprint density at radius 1 is 1.55 bits per heavy atom. The highest BCUT2D eigenvalue weighted by molar-refractivity contribution is 5.77. The van der Waals surface area contributed by atoms with E-state index in [1.807, 2.05) is 27.1 Å². The largest absolute Gasteiger partial charge is 0.370 e. The predicted octanol–water partition coefficient (Wildman–Crippen LogP) is 0.829. The van der Waals surface area contributed by atoms with E-state index >= 15 is 0 Å². The quantitative estimate of drug-likeness (QED) is 0.284. The number of hydrogen-bond acceptors (Lipinski definition) is 1. The molecule has 11 heavy (non-hydrogen) atoms. The number of hydrogen-bond donors (Lipinski definition) is 1. The fraction of sp³-hybridized carbons (Fsp3) is 0.625. The van der Waals surface area contributed by atoms with E-state index in [9.17, 15) is 0 Å². The maximum absolute atomic E-state index is 5.55. The van der Waals surface area contributed by atoms with Gasteiger partial charge in [-0.05, 0) is 13.3 Å². The monoisotopic (exact) mass is 155 g/mol. The number of rotatable bonds is 3. The van der Waals surface area contributed by atoms with E-state index < -0.39 is 0 Å². The third-order valence-corrected chi connectivity index (χ3v) is 1.26. The van der Waals surface area contributed by atoms with Gasteiger partial charge in [-0.15, -0.1) is 0 Å². The van der Waals surface area contributed by atoms with Crippen molar-refractivity contribution in [2.24, 2.45) is 10.7 Å². The van der Waals surface area contributed by atoms with Crippen molar-refractivity contribution in [2.45, 2.75) is 13.3 Å². The van der Waals surface area contributed by atoms with Gasteiger partial charge in [0.25, 0.3) is 0 Å². The Bertz CT molecular complexity index is 147. The molecule has 0 heterocycles. The lowest BCUT2D eigenvalue weighted by Crippen LogP contribution is -2.30. The molecule has 3 heteroatoms. The van der Waals surface area contributed by atoms with E-state index in [0.717, 1.165) is 13.0 Å². The minimum atomic E-state index is 0.592. The Hall–Kier alpha value is -0.990. The van der Waals surface area contributed by atoms with Gasteiger partial charge in [0.05, 0.1) is 0 Å². The molecule has 0 radical (unpaired) electrons. The predicted molar refractivity (Wildman–Crippen MR) is 49.6 cm³/mol. The summed E-state index contributed by atoms with van der Waals surface area (Å²) in [4.78, 5) is 5.93. The average Bonchev–Trinajstić information content (AvgIpc) is 1.97. The van der Waals surface area contributed by atoms with E-state index in [1.165, 1.54) is 0 Å². The second-order valence-corrected chi connectivity index (χ2v) is 2.49. The van der Waals surface area contributed by atoms with Crippen LogP contribution in [0.4, 0.5) is 0 Å². The van der Waals surface area contributed by atoms with Crippen LogP contribution in [0.25, 0.3) is 0 Å². The molecule has 0 spiro atoms. The second-order valence-electron chi connectivity index (χ2n) is 2.49. The zero-order chi connectivity index (χ0) is 8.69. The molecule has 0 saturated carbocycles. The SMILES string of the molecule is C/C=C/CCN=C(N)N(C)C. The van der Waals surface area contributed by atoms with Crippen LogP contribution in [0.3, 0.4) is 0 Å². The summed E-state index contributed by atoms with van der Waals surface area (Å²) in [6.45, 7) is 2.77. The fourth-order valence-electron chi connectivity index (χ4n) is 0.562. The highest BCUT2D eigenvalue weighted by Crippen LogP contribution is 1.84. The molecule has 0 aromatic rings. The van der Waals surface area contributed by atoms with Crippen LogP contribution in [0.2, 0.25) is 0 Å². The Morgan fingerprint density at radius 3 is 2.64 bits per heavy atom. The molecule has 0 fully saturated rings. The first-order valence-corrected chi connectivity index (χ1v) is 3.77. The highest BCUT2D eigenvalue weighted by atomic mass is 15.2. The van der Waals surface area contributed by atoms with Crippen LogP contribution in [0, 0.1) is 0 Å². The van der Waals surface area contributed by atoms with Crippen molar-refractivity contribution in [3.05, 3.63) is 12.2 Å². The summed E-state index contributed by atoms with van der Waals surface area (Å²) in [6, 6.07) is 0. The Balaban J connectivity index is 3.56. The van der Waals surface area contributed by atoms with Crippen molar-refractivity contribution < 1.29 is 0 Å². The van der Waals surface area contributed by atoms with Gasteiger partial charge in [0.2, 0.25) is 0 Å². The molecule has 0 aliphatic rings. The minimum Gasteiger partial charge on any atom is -0.370 e. The number of nitrogens with two attached hydrogens (primary N) is 1. The van der Waals surface area contributed by atoms with Crippen molar-refractivity contribution in [3.63, 3.8) is 0 Å². The zero-order valence-electron chi connectivity index (χ0n) is 7.54. The second kappa shape index (κ2) is 5.77. The molecule has 0 aromatic heterocycles. The van der Waals surface area contributed by atoms with Crippen LogP contribution in [-0.4, -0.2) is 31.5 Å². The maximum atomic E-state index is 5.55. The summed E-state index contributed by atoms with van der Waals surface area (Å²) in [5.41, 5.74) is 5.55. The van der Waals surface area contributed by atoms with Crippen molar-refractivity contribution in [3.8, 4) is 0 Å². The van der Waals surface area contributed by atoms with Crippen LogP contribution >= 0.6 is 0 Å². The molecule has 0 unspecified atom stereocenters. The summed E-state index contributed by atoms with van der Waals surface area (Å²) in [5, 5.41) is 0. The Kier molecular flexibility index (Phi) is 5.25. The highest BCUT2D eigenvalue weighted by Gasteiger charge is 1.90. The van der Waals surface area contributed by atoms with E-state index in [2.05, 4.69) is 11.1 Å². The van der Waals surface area contributed by atoms with Gasteiger partial charge in [-0.1, -0.05) is 12.2 Å². The van der Waals surface area contributed by atoms with Gasteiger partial charge in [-0.25, -0.2) is 0 Å². The molecule has 0 bridgehead atoms. The summed E-state index contributed by atoms with van der Waals surface area (Å²) < 4.78 is 0. The van der Waals surface area contributed by atoms with Gasteiger partial charge in [0.15, 0.2) is 5.96 Å². The maximum Gasteiger partial charge on any atom is 0.190 e. The molecule has 0 aliphatic heterocycles. The molecule has 0 saturated heterocycles. The Morgan fingerprint density at radius 2 is 2.18 bits per heavy atom. The van der Waals surface area contributed by atoms with Crippen molar-refractivity contribution >= 4 is 5.96 Å². The van der Waals surface area contributed by atoms with Gasteiger partial charge in [-0.3, -0.25) is 4.99 Å². The van der Waals surface area contributed by atoms with Crippen LogP contribution < -0.4 is 5.73 Å². The van der Waals surface area contributed by atoms with Crippen molar-refractivity contribution in [2.75, 3.05) is 20.6 Å². The molecule has 0 amide bonds. The average molecular weight is 155 g/mol. The summed E-state index contributed by atoms with van der Waals surface area (Å²) >= 11 is 0. The normalized spacial score (nSPS) is 12.5. The van der Waals surface area contributed by atoms with Crippen LogP contribution in [0.5, 0.6) is 0 Å². The number of aliphatic imine (C=N–C) groups is 1. The molecular weight excluding hydrogens is 138 g/mol. The van der Waals surface area contributed by atoms with Gasteiger partial charge in [-0.2, -0.15) is 0 Å². The molecule has 0 rings (SSSR count). The van der Waals surface area contributed by atoms with Gasteiger partial charge < -0.3 is 10.6 Å². The number of nitrogens with zero attached hydrogens (tertiary/aromatic N) is 2. The molecular formula is C8H17N3.